The van der Waals surface area contributed by atoms with Gasteiger partial charge in [-0.25, -0.2) is 0 Å². The van der Waals surface area contributed by atoms with E-state index in [0.29, 0.717) is 0 Å². The molecule has 0 radical (unpaired) electrons. The smallest absolute Gasteiger partial charge is 0.193 e. The topological polar surface area (TPSA) is 53.7 Å². The van der Waals surface area contributed by atoms with Crippen molar-refractivity contribution in [2.75, 3.05) is 26.7 Å². The third-order valence-corrected chi connectivity index (χ3v) is 4.13. The molecule has 0 amide bonds. The first-order chi connectivity index (χ1) is 9.61. The molecule has 0 spiro atoms. The van der Waals surface area contributed by atoms with Gasteiger partial charge < -0.3 is 14.7 Å². The van der Waals surface area contributed by atoms with Crippen molar-refractivity contribution in [1.29, 1.82) is 0 Å². The Morgan fingerprint density at radius 3 is 2.65 bits per heavy atom. The monoisotopic (exact) mass is 278 g/mol. The van der Waals surface area contributed by atoms with Gasteiger partial charge >= 0.3 is 0 Å². The molecule has 1 aliphatic rings. The summed E-state index contributed by atoms with van der Waals surface area (Å²) in [6, 6.07) is 0. The highest BCUT2D eigenvalue weighted by Gasteiger charge is 2.18. The number of hydrogen-bond donors (Lipinski definition) is 1. The average Bonchev–Trinajstić information content (AvgIpc) is 2.76. The van der Waals surface area contributed by atoms with Gasteiger partial charge in [0.15, 0.2) is 5.96 Å². The van der Waals surface area contributed by atoms with E-state index in [9.17, 15) is 0 Å². The predicted octanol–water partition coefficient (Wildman–Crippen LogP) is 2.14. The minimum atomic E-state index is 0.840. The van der Waals surface area contributed by atoms with E-state index in [-0.39, 0.29) is 0 Å². The third kappa shape index (κ3) is 3.52. The van der Waals surface area contributed by atoms with Gasteiger partial charge in [-0.3, -0.25) is 4.99 Å². The molecule has 1 fully saturated rings. The van der Waals surface area contributed by atoms with Crippen LogP contribution in [0.3, 0.4) is 0 Å². The Kier molecular flexibility index (Phi) is 5.04. The zero-order valence-electron chi connectivity index (χ0n) is 13.1. The first-order valence-corrected chi connectivity index (χ1v) is 7.49. The molecule has 0 aliphatic carbocycles. The number of nitrogens with one attached hydrogen (secondary N) is 1. The van der Waals surface area contributed by atoms with E-state index in [0.717, 1.165) is 49.4 Å². The summed E-state index contributed by atoms with van der Waals surface area (Å²) in [5.74, 6) is 2.78. The van der Waals surface area contributed by atoms with Crippen LogP contribution >= 0.6 is 0 Å². The maximum absolute atomic E-state index is 5.19. The van der Waals surface area contributed by atoms with Gasteiger partial charge in [0.2, 0.25) is 0 Å². The van der Waals surface area contributed by atoms with Crippen LogP contribution in [0.4, 0.5) is 0 Å². The molecule has 5 heteroatoms. The van der Waals surface area contributed by atoms with Crippen LogP contribution in [0.5, 0.6) is 0 Å². The molecule has 2 rings (SSSR count). The third-order valence-electron chi connectivity index (χ3n) is 4.13. The minimum absolute atomic E-state index is 0.840. The molecule has 112 valence electrons. The van der Waals surface area contributed by atoms with Crippen molar-refractivity contribution in [3.05, 3.63) is 17.0 Å². The molecule has 1 aromatic rings. The molecule has 1 saturated heterocycles. The number of aromatic nitrogens is 1. The Labute approximate surface area is 121 Å². The number of hydrogen-bond acceptors (Lipinski definition) is 3. The van der Waals surface area contributed by atoms with E-state index in [1.165, 1.54) is 18.4 Å². The van der Waals surface area contributed by atoms with Crippen LogP contribution in [-0.2, 0) is 6.42 Å². The highest BCUT2D eigenvalue weighted by atomic mass is 16.5. The van der Waals surface area contributed by atoms with Gasteiger partial charge in [0.1, 0.15) is 5.76 Å². The fourth-order valence-electron chi connectivity index (χ4n) is 2.71. The zero-order valence-corrected chi connectivity index (χ0v) is 13.1. The maximum Gasteiger partial charge on any atom is 0.193 e. The summed E-state index contributed by atoms with van der Waals surface area (Å²) < 4.78 is 5.19. The van der Waals surface area contributed by atoms with E-state index in [1.54, 1.807) is 0 Å². The Morgan fingerprint density at radius 1 is 1.40 bits per heavy atom. The van der Waals surface area contributed by atoms with E-state index < -0.39 is 0 Å². The molecule has 0 bridgehead atoms. The molecule has 0 saturated carbocycles. The van der Waals surface area contributed by atoms with Gasteiger partial charge in [0.25, 0.3) is 0 Å². The quantitative estimate of drug-likeness (QED) is 0.680. The van der Waals surface area contributed by atoms with Crippen LogP contribution in [0.1, 0.15) is 36.8 Å². The number of piperidine rings is 1. The molecular weight excluding hydrogens is 252 g/mol. The van der Waals surface area contributed by atoms with E-state index in [2.05, 4.69) is 27.3 Å². The maximum atomic E-state index is 5.19. The van der Waals surface area contributed by atoms with Gasteiger partial charge in [-0.1, -0.05) is 12.1 Å². The summed E-state index contributed by atoms with van der Waals surface area (Å²) >= 11 is 0. The molecule has 1 aliphatic heterocycles. The van der Waals surface area contributed by atoms with Crippen LogP contribution < -0.4 is 5.32 Å². The number of likely N-dealkylation sites (tertiary alicyclic amines) is 1. The number of aliphatic imine (C=N–C) groups is 1. The Hall–Kier alpha value is -1.52. The molecule has 0 atom stereocenters. The second-order valence-corrected chi connectivity index (χ2v) is 5.70. The lowest BCUT2D eigenvalue weighted by Gasteiger charge is -2.32. The summed E-state index contributed by atoms with van der Waals surface area (Å²) in [4.78, 5) is 6.75. The number of aryl methyl sites for hydroxylation is 2. The van der Waals surface area contributed by atoms with E-state index >= 15 is 0 Å². The van der Waals surface area contributed by atoms with Crippen LogP contribution in [-0.4, -0.2) is 42.7 Å². The lowest BCUT2D eigenvalue weighted by atomic mass is 9.99. The summed E-state index contributed by atoms with van der Waals surface area (Å²) in [7, 11) is 1.86. The molecule has 20 heavy (non-hydrogen) atoms. The molecule has 2 heterocycles. The molecule has 5 nitrogen and oxygen atoms in total. The first kappa shape index (κ1) is 14.9. The van der Waals surface area contributed by atoms with Gasteiger partial charge in [-0.2, -0.15) is 0 Å². The second-order valence-electron chi connectivity index (χ2n) is 5.70. The van der Waals surface area contributed by atoms with Crippen LogP contribution in [0, 0.1) is 19.8 Å². The first-order valence-electron chi connectivity index (χ1n) is 7.49. The Morgan fingerprint density at radius 2 is 2.10 bits per heavy atom. The standard InChI is InChI=1S/C15H26N4O/c1-11-6-9-19(10-7-11)15(16-4)17-8-5-14-12(2)18-20-13(14)3/h11H,5-10H2,1-4H3,(H,16,17). The largest absolute Gasteiger partial charge is 0.361 e. The summed E-state index contributed by atoms with van der Waals surface area (Å²) in [6.45, 7) is 9.35. The van der Waals surface area contributed by atoms with Crippen LogP contribution in [0.15, 0.2) is 9.52 Å². The molecule has 0 unspecified atom stereocenters. The summed E-state index contributed by atoms with van der Waals surface area (Å²) in [5, 5.41) is 7.44. The highest BCUT2D eigenvalue weighted by Crippen LogP contribution is 2.16. The average molecular weight is 278 g/mol. The fraction of sp³-hybridized carbons (Fsp3) is 0.733. The van der Waals surface area contributed by atoms with Gasteiger partial charge in [0.05, 0.1) is 5.69 Å². The van der Waals surface area contributed by atoms with Gasteiger partial charge in [0, 0.05) is 32.2 Å². The summed E-state index contributed by atoms with van der Waals surface area (Å²) in [6.07, 6.45) is 3.43. The second kappa shape index (κ2) is 6.77. The lowest BCUT2D eigenvalue weighted by Crippen LogP contribution is -2.45. The number of nitrogens with zero attached hydrogens (tertiary/aromatic N) is 3. The molecular formula is C15H26N4O. The molecule has 1 aromatic heterocycles. The van der Waals surface area contributed by atoms with Crippen molar-refractivity contribution in [2.24, 2.45) is 10.9 Å². The van der Waals surface area contributed by atoms with Crippen molar-refractivity contribution in [3.8, 4) is 0 Å². The van der Waals surface area contributed by atoms with Crippen LogP contribution in [0.2, 0.25) is 0 Å². The minimum Gasteiger partial charge on any atom is -0.361 e. The van der Waals surface area contributed by atoms with Crippen molar-refractivity contribution >= 4 is 5.96 Å². The molecule has 0 aromatic carbocycles. The number of guanidine groups is 1. The van der Waals surface area contributed by atoms with Crippen LogP contribution in [0.25, 0.3) is 0 Å². The normalized spacial score (nSPS) is 17.6. The van der Waals surface area contributed by atoms with Gasteiger partial charge in [-0.15, -0.1) is 0 Å². The van der Waals surface area contributed by atoms with E-state index in [1.807, 2.05) is 20.9 Å². The fourth-order valence-corrected chi connectivity index (χ4v) is 2.71. The van der Waals surface area contributed by atoms with Crippen molar-refractivity contribution in [3.63, 3.8) is 0 Å². The Bertz CT molecular complexity index is 439. The zero-order chi connectivity index (χ0) is 14.5. The van der Waals surface area contributed by atoms with Crippen molar-refractivity contribution in [1.82, 2.24) is 15.4 Å². The SMILES string of the molecule is CN=C(NCCc1c(C)noc1C)N1CCC(C)CC1. The Balaban J connectivity index is 1.83. The summed E-state index contributed by atoms with van der Waals surface area (Å²) in [5.41, 5.74) is 2.20. The molecule has 1 N–H and O–H groups in total. The number of rotatable bonds is 3. The van der Waals surface area contributed by atoms with Crippen molar-refractivity contribution < 1.29 is 4.52 Å². The highest BCUT2D eigenvalue weighted by molar-refractivity contribution is 5.79. The lowest BCUT2D eigenvalue weighted by molar-refractivity contribution is 0.273. The van der Waals surface area contributed by atoms with Gasteiger partial charge in [-0.05, 0) is 39.0 Å². The van der Waals surface area contributed by atoms with Crippen molar-refractivity contribution in [2.45, 2.75) is 40.0 Å². The predicted molar refractivity (Wildman–Crippen MR) is 81.0 cm³/mol. The van der Waals surface area contributed by atoms with E-state index in [4.69, 9.17) is 4.52 Å².